The Hall–Kier alpha value is -2.81. The first-order valence-electron chi connectivity index (χ1n) is 8.20. The van der Waals surface area contributed by atoms with Crippen LogP contribution in [-0.2, 0) is 11.8 Å². The zero-order chi connectivity index (χ0) is 17.4. The number of fused-ring (bicyclic) bond motifs is 1. The Balaban J connectivity index is 1.79. The SMILES string of the molecule is Cc1ncncc1Nc1ncc2c(n1)n(C1CCOCC1)c(=O)n2C. The van der Waals surface area contributed by atoms with Gasteiger partial charge in [0.1, 0.15) is 11.8 Å². The third-order valence-corrected chi connectivity index (χ3v) is 4.55. The largest absolute Gasteiger partial charge is 0.381 e. The summed E-state index contributed by atoms with van der Waals surface area (Å²) in [5.41, 5.74) is 2.80. The Morgan fingerprint density at radius 2 is 2.04 bits per heavy atom. The molecule has 0 aliphatic carbocycles. The molecule has 0 bridgehead atoms. The minimum absolute atomic E-state index is 0.0763. The van der Waals surface area contributed by atoms with Crippen LogP contribution in [0.4, 0.5) is 11.6 Å². The molecule has 4 rings (SSSR count). The highest BCUT2D eigenvalue weighted by Gasteiger charge is 2.23. The van der Waals surface area contributed by atoms with E-state index >= 15 is 0 Å². The van der Waals surface area contributed by atoms with Crippen molar-refractivity contribution < 1.29 is 4.74 Å². The molecule has 1 aliphatic heterocycles. The van der Waals surface area contributed by atoms with E-state index < -0.39 is 0 Å². The first-order chi connectivity index (χ1) is 12.1. The molecule has 9 nitrogen and oxygen atoms in total. The summed E-state index contributed by atoms with van der Waals surface area (Å²) in [5, 5.41) is 3.13. The van der Waals surface area contributed by atoms with Crippen LogP contribution in [0.5, 0.6) is 0 Å². The quantitative estimate of drug-likeness (QED) is 0.767. The second-order valence-electron chi connectivity index (χ2n) is 6.10. The van der Waals surface area contributed by atoms with E-state index in [0.29, 0.717) is 30.3 Å². The van der Waals surface area contributed by atoms with Crippen LogP contribution in [0.25, 0.3) is 11.2 Å². The van der Waals surface area contributed by atoms with Crippen molar-refractivity contribution in [3.63, 3.8) is 0 Å². The maximum Gasteiger partial charge on any atom is 0.330 e. The zero-order valence-corrected chi connectivity index (χ0v) is 14.1. The molecule has 1 N–H and O–H groups in total. The highest BCUT2D eigenvalue weighted by Crippen LogP contribution is 2.24. The minimum Gasteiger partial charge on any atom is -0.381 e. The summed E-state index contributed by atoms with van der Waals surface area (Å²) in [6.45, 7) is 3.19. The summed E-state index contributed by atoms with van der Waals surface area (Å²) >= 11 is 0. The first-order valence-corrected chi connectivity index (χ1v) is 8.20. The van der Waals surface area contributed by atoms with Crippen molar-refractivity contribution in [1.29, 1.82) is 0 Å². The van der Waals surface area contributed by atoms with Gasteiger partial charge in [0.15, 0.2) is 5.65 Å². The monoisotopic (exact) mass is 341 g/mol. The average Bonchev–Trinajstić information content (AvgIpc) is 2.88. The van der Waals surface area contributed by atoms with E-state index in [2.05, 4.69) is 25.3 Å². The van der Waals surface area contributed by atoms with Gasteiger partial charge in [-0.2, -0.15) is 4.98 Å². The Labute approximate surface area is 143 Å². The standard InChI is InChI=1S/C16H19N7O2/c1-10-12(7-17-9-19-10)20-15-18-8-13-14(21-15)23(16(24)22(13)2)11-3-5-25-6-4-11/h7-9,11H,3-6H2,1-2H3,(H,18,20,21). The van der Waals surface area contributed by atoms with Gasteiger partial charge >= 0.3 is 5.69 Å². The molecule has 9 heteroatoms. The molecular formula is C16H19N7O2. The van der Waals surface area contributed by atoms with Crippen molar-refractivity contribution in [2.75, 3.05) is 18.5 Å². The lowest BCUT2D eigenvalue weighted by atomic mass is 10.1. The summed E-state index contributed by atoms with van der Waals surface area (Å²) in [6.07, 6.45) is 6.44. The molecule has 3 aromatic heterocycles. The summed E-state index contributed by atoms with van der Waals surface area (Å²) in [6, 6.07) is 0.0921. The lowest BCUT2D eigenvalue weighted by Crippen LogP contribution is -2.30. The normalized spacial score (nSPS) is 15.6. The van der Waals surface area contributed by atoms with Crippen molar-refractivity contribution in [3.05, 3.63) is 34.9 Å². The van der Waals surface area contributed by atoms with Gasteiger partial charge < -0.3 is 10.1 Å². The number of imidazole rings is 1. The molecule has 3 aromatic rings. The van der Waals surface area contributed by atoms with Crippen LogP contribution in [0.3, 0.4) is 0 Å². The fourth-order valence-electron chi connectivity index (χ4n) is 3.10. The lowest BCUT2D eigenvalue weighted by molar-refractivity contribution is 0.0695. The van der Waals surface area contributed by atoms with Crippen molar-refractivity contribution >= 4 is 22.8 Å². The number of aryl methyl sites for hydroxylation is 2. The Kier molecular flexibility index (Phi) is 3.92. The van der Waals surface area contributed by atoms with E-state index in [0.717, 1.165) is 24.2 Å². The molecule has 1 saturated heterocycles. The smallest absolute Gasteiger partial charge is 0.330 e. The van der Waals surface area contributed by atoms with Gasteiger partial charge in [-0.15, -0.1) is 0 Å². The van der Waals surface area contributed by atoms with E-state index in [1.165, 1.54) is 6.33 Å². The van der Waals surface area contributed by atoms with Crippen LogP contribution in [0, 0.1) is 6.92 Å². The van der Waals surface area contributed by atoms with Gasteiger partial charge in [-0.3, -0.25) is 9.13 Å². The predicted octanol–water partition coefficient (Wildman–Crippen LogP) is 1.32. The maximum absolute atomic E-state index is 12.7. The van der Waals surface area contributed by atoms with E-state index in [4.69, 9.17) is 4.74 Å². The number of ether oxygens (including phenoxy) is 1. The molecular weight excluding hydrogens is 322 g/mol. The molecule has 0 unspecified atom stereocenters. The third kappa shape index (κ3) is 2.76. The van der Waals surface area contributed by atoms with Gasteiger partial charge in [0.25, 0.3) is 0 Å². The van der Waals surface area contributed by atoms with Crippen molar-refractivity contribution in [2.45, 2.75) is 25.8 Å². The molecule has 0 atom stereocenters. The highest BCUT2D eigenvalue weighted by atomic mass is 16.5. The van der Waals surface area contributed by atoms with Gasteiger partial charge in [-0.25, -0.2) is 19.7 Å². The molecule has 130 valence electrons. The summed E-state index contributed by atoms with van der Waals surface area (Å²) in [5.74, 6) is 0.414. The van der Waals surface area contributed by atoms with Gasteiger partial charge in [0.2, 0.25) is 5.95 Å². The highest BCUT2D eigenvalue weighted by molar-refractivity contribution is 5.73. The van der Waals surface area contributed by atoms with Crippen molar-refractivity contribution in [1.82, 2.24) is 29.1 Å². The topological polar surface area (TPSA) is 99.8 Å². The third-order valence-electron chi connectivity index (χ3n) is 4.55. The number of nitrogens with one attached hydrogen (secondary N) is 1. The van der Waals surface area contributed by atoms with Crippen molar-refractivity contribution in [2.24, 2.45) is 7.05 Å². The van der Waals surface area contributed by atoms with Crippen LogP contribution in [0.15, 0.2) is 23.5 Å². The van der Waals surface area contributed by atoms with Crippen LogP contribution >= 0.6 is 0 Å². The first kappa shape index (κ1) is 15.7. The molecule has 1 aliphatic rings. The minimum atomic E-state index is -0.0763. The fourth-order valence-corrected chi connectivity index (χ4v) is 3.10. The second kappa shape index (κ2) is 6.25. The number of aromatic nitrogens is 6. The number of nitrogens with zero attached hydrogens (tertiary/aromatic N) is 6. The molecule has 0 radical (unpaired) electrons. The van der Waals surface area contributed by atoms with Crippen LogP contribution in [-0.4, -0.2) is 42.3 Å². The number of hydrogen-bond donors (Lipinski definition) is 1. The fraction of sp³-hybridized carbons (Fsp3) is 0.438. The number of anilines is 2. The molecule has 0 aromatic carbocycles. The second-order valence-corrected chi connectivity index (χ2v) is 6.10. The van der Waals surface area contributed by atoms with Gasteiger partial charge in [0.05, 0.1) is 23.8 Å². The maximum atomic E-state index is 12.7. The van der Waals surface area contributed by atoms with E-state index in [1.54, 1.807) is 28.6 Å². The van der Waals surface area contributed by atoms with Gasteiger partial charge in [-0.05, 0) is 19.8 Å². The molecule has 0 spiro atoms. The number of hydrogen-bond acceptors (Lipinski definition) is 7. The predicted molar refractivity (Wildman–Crippen MR) is 91.9 cm³/mol. The summed E-state index contributed by atoms with van der Waals surface area (Å²) in [7, 11) is 1.74. The van der Waals surface area contributed by atoms with E-state index in [-0.39, 0.29) is 11.7 Å². The van der Waals surface area contributed by atoms with Crippen LogP contribution in [0.2, 0.25) is 0 Å². The average molecular weight is 341 g/mol. The number of rotatable bonds is 3. The van der Waals surface area contributed by atoms with E-state index in [9.17, 15) is 4.79 Å². The van der Waals surface area contributed by atoms with Gasteiger partial charge in [-0.1, -0.05) is 0 Å². The molecule has 1 fully saturated rings. The summed E-state index contributed by atoms with van der Waals surface area (Å²) < 4.78 is 8.77. The lowest BCUT2D eigenvalue weighted by Gasteiger charge is -2.22. The molecule has 0 saturated carbocycles. The van der Waals surface area contributed by atoms with E-state index in [1.807, 2.05) is 6.92 Å². The molecule has 0 amide bonds. The zero-order valence-electron chi connectivity index (χ0n) is 14.1. The van der Waals surface area contributed by atoms with Crippen LogP contribution in [0.1, 0.15) is 24.6 Å². The Morgan fingerprint density at radius 1 is 1.24 bits per heavy atom. The summed E-state index contributed by atoms with van der Waals surface area (Å²) in [4.78, 5) is 29.8. The Morgan fingerprint density at radius 3 is 2.80 bits per heavy atom. The molecule has 25 heavy (non-hydrogen) atoms. The van der Waals surface area contributed by atoms with Crippen LogP contribution < -0.4 is 11.0 Å². The van der Waals surface area contributed by atoms with Crippen molar-refractivity contribution in [3.8, 4) is 0 Å². The molecule has 4 heterocycles. The Bertz CT molecular complexity index is 972. The van der Waals surface area contributed by atoms with Gasteiger partial charge in [0, 0.05) is 26.3 Å².